The number of alkyl halides is 1. The molecule has 0 amide bonds. The summed E-state index contributed by atoms with van der Waals surface area (Å²) < 4.78 is 47.0. The number of rotatable bonds is 4. The summed E-state index contributed by atoms with van der Waals surface area (Å²) in [4.78, 5) is 4.18. The molecule has 1 saturated heterocycles. The molecular formula is C14H16FN3O3S2. The van der Waals surface area contributed by atoms with Crippen LogP contribution in [0, 0.1) is 0 Å². The molecule has 0 radical (unpaired) electrons. The van der Waals surface area contributed by atoms with Crippen LogP contribution in [0.25, 0.3) is 0 Å². The first-order valence-electron chi connectivity index (χ1n) is 7.56. The Labute approximate surface area is 137 Å². The fourth-order valence-corrected chi connectivity index (χ4v) is 5.48. The van der Waals surface area contributed by atoms with Gasteiger partial charge in [0.05, 0.1) is 6.54 Å². The number of hydrogen-bond acceptors (Lipinski definition) is 6. The van der Waals surface area contributed by atoms with E-state index in [0.717, 1.165) is 24.2 Å². The van der Waals surface area contributed by atoms with Gasteiger partial charge < -0.3 is 4.52 Å². The Morgan fingerprint density at radius 2 is 2.26 bits per heavy atom. The average molecular weight is 357 g/mol. The molecule has 0 bridgehead atoms. The van der Waals surface area contributed by atoms with Crippen molar-refractivity contribution in [2.45, 2.75) is 41.5 Å². The first-order chi connectivity index (χ1) is 11.0. The zero-order chi connectivity index (χ0) is 16.1. The maximum absolute atomic E-state index is 15.3. The molecule has 9 heteroatoms. The molecule has 0 spiro atoms. The average Bonchev–Trinajstić information content (AvgIpc) is 3.05. The van der Waals surface area contributed by atoms with Crippen molar-refractivity contribution in [1.82, 2.24) is 14.4 Å². The first kappa shape index (κ1) is 15.2. The van der Waals surface area contributed by atoms with Gasteiger partial charge in [0.2, 0.25) is 5.67 Å². The van der Waals surface area contributed by atoms with E-state index in [1.807, 2.05) is 0 Å². The lowest BCUT2D eigenvalue weighted by molar-refractivity contribution is 0.0471. The molecule has 3 heterocycles. The van der Waals surface area contributed by atoms with Gasteiger partial charge in [-0.15, -0.1) is 11.3 Å². The van der Waals surface area contributed by atoms with Crippen LogP contribution in [0.2, 0.25) is 0 Å². The van der Waals surface area contributed by atoms with Crippen molar-refractivity contribution in [3.05, 3.63) is 29.2 Å². The molecule has 1 aliphatic heterocycles. The monoisotopic (exact) mass is 357 g/mol. The molecular weight excluding hydrogens is 341 g/mol. The van der Waals surface area contributed by atoms with Gasteiger partial charge in [-0.25, -0.2) is 12.8 Å². The van der Waals surface area contributed by atoms with Crippen molar-refractivity contribution in [3.63, 3.8) is 0 Å². The Morgan fingerprint density at radius 3 is 2.96 bits per heavy atom. The van der Waals surface area contributed by atoms with Gasteiger partial charge in [0.15, 0.2) is 5.82 Å². The van der Waals surface area contributed by atoms with Crippen molar-refractivity contribution in [2.75, 3.05) is 13.1 Å². The molecule has 1 saturated carbocycles. The zero-order valence-electron chi connectivity index (χ0n) is 12.3. The van der Waals surface area contributed by atoms with Crippen LogP contribution in [-0.2, 0) is 15.7 Å². The van der Waals surface area contributed by atoms with Crippen molar-refractivity contribution in [3.8, 4) is 0 Å². The second-order valence-corrected chi connectivity index (χ2v) is 9.18. The highest BCUT2D eigenvalue weighted by Gasteiger charge is 2.46. The summed E-state index contributed by atoms with van der Waals surface area (Å²) in [6.45, 7) is 0.0229. The summed E-state index contributed by atoms with van der Waals surface area (Å²) in [6, 6.07) is 3.20. The maximum Gasteiger partial charge on any atom is 0.265 e. The Balaban J connectivity index is 1.60. The van der Waals surface area contributed by atoms with Crippen LogP contribution in [0.1, 0.15) is 43.3 Å². The number of thiophene rings is 1. The summed E-state index contributed by atoms with van der Waals surface area (Å²) in [6.07, 6.45) is 2.60. The number of nitrogens with zero attached hydrogens (tertiary/aromatic N) is 3. The molecule has 1 atom stereocenters. The molecule has 6 nitrogen and oxygen atoms in total. The standard InChI is InChI=1S/C14H16FN3O3S2/c15-14(13-16-12(17-21-13)10-4-5-10)6-2-7-18(9-14)23(19,20)11-3-1-8-22-11/h1,3,8,10H,2,4-7,9H2. The Hall–Kier alpha value is -1.32. The third kappa shape index (κ3) is 2.70. The highest BCUT2D eigenvalue weighted by atomic mass is 32.2. The molecule has 2 aromatic rings. The van der Waals surface area contributed by atoms with Gasteiger partial charge >= 0.3 is 0 Å². The van der Waals surface area contributed by atoms with Crippen molar-refractivity contribution in [1.29, 1.82) is 0 Å². The molecule has 2 aliphatic rings. The molecule has 2 fully saturated rings. The van der Waals surface area contributed by atoms with E-state index < -0.39 is 15.7 Å². The van der Waals surface area contributed by atoms with Crippen LogP contribution in [0.15, 0.2) is 26.2 Å². The summed E-state index contributed by atoms with van der Waals surface area (Å²) >= 11 is 1.13. The zero-order valence-corrected chi connectivity index (χ0v) is 13.9. The van der Waals surface area contributed by atoms with Gasteiger partial charge in [0, 0.05) is 12.5 Å². The molecule has 1 aliphatic carbocycles. The normalized spacial score (nSPS) is 26.5. The number of hydrogen-bond donors (Lipinski definition) is 0. The van der Waals surface area contributed by atoms with Crippen LogP contribution < -0.4 is 0 Å². The number of aromatic nitrogens is 2. The van der Waals surface area contributed by atoms with E-state index in [1.54, 1.807) is 11.4 Å². The number of sulfonamides is 1. The van der Waals surface area contributed by atoms with E-state index in [9.17, 15) is 8.42 Å². The van der Waals surface area contributed by atoms with E-state index >= 15 is 4.39 Å². The predicted octanol–water partition coefficient (Wildman–Crippen LogP) is 2.66. The lowest BCUT2D eigenvalue weighted by atomic mass is 9.96. The van der Waals surface area contributed by atoms with Crippen molar-refractivity contribution in [2.24, 2.45) is 0 Å². The molecule has 2 aromatic heterocycles. The first-order valence-corrected chi connectivity index (χ1v) is 9.88. The SMILES string of the molecule is O=S(=O)(c1cccs1)N1CCCC(F)(c2nc(C3CC3)no2)C1. The van der Waals surface area contributed by atoms with E-state index in [1.165, 1.54) is 10.4 Å². The fourth-order valence-electron chi connectivity index (χ4n) is 2.81. The summed E-state index contributed by atoms with van der Waals surface area (Å²) in [7, 11) is -3.67. The molecule has 1 unspecified atom stereocenters. The van der Waals surface area contributed by atoms with Gasteiger partial charge in [0.25, 0.3) is 15.9 Å². The lowest BCUT2D eigenvalue weighted by Crippen LogP contribution is -2.46. The van der Waals surface area contributed by atoms with Gasteiger partial charge in [-0.2, -0.15) is 9.29 Å². The molecule has 124 valence electrons. The summed E-state index contributed by atoms with van der Waals surface area (Å²) in [5.41, 5.74) is -1.91. The van der Waals surface area contributed by atoms with Gasteiger partial charge in [-0.3, -0.25) is 0 Å². The number of halogens is 1. The van der Waals surface area contributed by atoms with Gasteiger partial charge in [0.1, 0.15) is 4.21 Å². The van der Waals surface area contributed by atoms with E-state index in [-0.39, 0.29) is 29.0 Å². The smallest absolute Gasteiger partial charge is 0.265 e. The third-order valence-corrected chi connectivity index (χ3v) is 7.48. The largest absolute Gasteiger partial charge is 0.336 e. The van der Waals surface area contributed by atoms with E-state index in [2.05, 4.69) is 10.1 Å². The highest BCUT2D eigenvalue weighted by molar-refractivity contribution is 7.91. The second-order valence-electron chi connectivity index (χ2n) is 6.07. The number of piperidine rings is 1. The minimum atomic E-state index is -3.67. The fraction of sp³-hybridized carbons (Fsp3) is 0.571. The van der Waals surface area contributed by atoms with Crippen LogP contribution >= 0.6 is 11.3 Å². The van der Waals surface area contributed by atoms with E-state index in [4.69, 9.17) is 4.52 Å². The lowest BCUT2D eigenvalue weighted by Gasteiger charge is -2.33. The highest BCUT2D eigenvalue weighted by Crippen LogP contribution is 2.41. The van der Waals surface area contributed by atoms with Gasteiger partial charge in [-0.1, -0.05) is 11.2 Å². The topological polar surface area (TPSA) is 76.3 Å². The summed E-state index contributed by atoms with van der Waals surface area (Å²) in [5.74, 6) is 0.714. The quantitative estimate of drug-likeness (QED) is 0.841. The molecule has 0 N–H and O–H groups in total. The Morgan fingerprint density at radius 1 is 1.43 bits per heavy atom. The minimum Gasteiger partial charge on any atom is -0.336 e. The van der Waals surface area contributed by atoms with Crippen LogP contribution in [0.3, 0.4) is 0 Å². The molecule has 4 rings (SSSR count). The maximum atomic E-state index is 15.3. The van der Waals surface area contributed by atoms with Crippen LogP contribution in [0.5, 0.6) is 0 Å². The Kier molecular flexibility index (Phi) is 3.54. The van der Waals surface area contributed by atoms with Crippen molar-refractivity contribution >= 4 is 21.4 Å². The third-order valence-electron chi connectivity index (χ3n) is 4.26. The summed E-state index contributed by atoms with van der Waals surface area (Å²) in [5, 5.41) is 5.54. The van der Waals surface area contributed by atoms with Crippen LogP contribution in [0.4, 0.5) is 4.39 Å². The molecule has 0 aromatic carbocycles. The second kappa shape index (κ2) is 5.35. The predicted molar refractivity (Wildman–Crippen MR) is 81.4 cm³/mol. The van der Waals surface area contributed by atoms with Crippen molar-refractivity contribution < 1.29 is 17.3 Å². The molecule has 23 heavy (non-hydrogen) atoms. The van der Waals surface area contributed by atoms with Gasteiger partial charge in [-0.05, 0) is 37.1 Å². The Bertz CT molecular complexity index is 801. The van der Waals surface area contributed by atoms with E-state index in [0.29, 0.717) is 18.8 Å². The van der Waals surface area contributed by atoms with Crippen LogP contribution in [-0.4, -0.2) is 36.0 Å². The minimum absolute atomic E-state index is 0.0921.